The smallest absolute Gasteiger partial charge is 0.246 e. The minimum absolute atomic E-state index is 0. The number of hydrogen-bond acceptors (Lipinski definition) is 6. The average Bonchev–Trinajstić information content (AvgIpc) is 3.40. The Bertz CT molecular complexity index is 757. The molecule has 6 nitrogen and oxygen atoms in total. The maximum atomic E-state index is 13.4. The summed E-state index contributed by atoms with van der Waals surface area (Å²) in [6.07, 6.45) is 6.65. The van der Waals surface area contributed by atoms with Gasteiger partial charge in [-0.2, -0.15) is 11.8 Å². The summed E-state index contributed by atoms with van der Waals surface area (Å²) in [5.41, 5.74) is 1.31. The van der Waals surface area contributed by atoms with E-state index in [1.165, 1.54) is 37.7 Å². The third-order valence-electron chi connectivity index (χ3n) is 6.94. The zero-order chi connectivity index (χ0) is 22.9. The number of halogens is 2. The predicted octanol–water partition coefficient (Wildman–Crippen LogP) is 3.64. The van der Waals surface area contributed by atoms with Gasteiger partial charge in [0, 0.05) is 50.1 Å². The predicted molar refractivity (Wildman–Crippen MR) is 153 cm³/mol. The standard InChI is InChI=1S/C25H38N4O2S2.2ClH/c30-24(22-17-33-19-26-22)27-23(18-32-16-21-9-5-2-6-10-21)25(31)29-13-11-28(12-14-29)15-20-7-3-1-4-8-20;;/h1,3-4,7-8,21-23,26H,2,5-6,9-19H2,(H,27,30);2*1H/t22-,23-;;/m0../s1. The second-order valence-corrected chi connectivity index (χ2v) is 11.6. The van der Waals surface area contributed by atoms with E-state index in [4.69, 9.17) is 0 Å². The average molecular weight is 564 g/mol. The Morgan fingerprint density at radius 1 is 1.06 bits per heavy atom. The third-order valence-corrected chi connectivity index (χ3v) is 9.16. The fourth-order valence-electron chi connectivity index (χ4n) is 4.91. The molecule has 35 heavy (non-hydrogen) atoms. The van der Waals surface area contributed by atoms with Crippen LogP contribution in [0.3, 0.4) is 0 Å². The van der Waals surface area contributed by atoms with Crippen LogP contribution in [0.25, 0.3) is 0 Å². The molecule has 0 spiro atoms. The van der Waals surface area contributed by atoms with Gasteiger partial charge in [0.05, 0.1) is 6.04 Å². The van der Waals surface area contributed by atoms with Gasteiger partial charge in [-0.15, -0.1) is 36.6 Å². The molecule has 2 amide bonds. The molecule has 4 rings (SSSR count). The second-order valence-electron chi connectivity index (χ2n) is 9.46. The van der Waals surface area contributed by atoms with Crippen LogP contribution in [0.2, 0.25) is 0 Å². The summed E-state index contributed by atoms with van der Waals surface area (Å²) in [6, 6.07) is 9.89. The molecular weight excluding hydrogens is 523 g/mol. The van der Waals surface area contributed by atoms with Gasteiger partial charge >= 0.3 is 0 Å². The molecule has 0 bridgehead atoms. The summed E-state index contributed by atoms with van der Waals surface area (Å²) in [4.78, 5) is 30.6. The van der Waals surface area contributed by atoms with Crippen molar-refractivity contribution in [3.63, 3.8) is 0 Å². The van der Waals surface area contributed by atoms with E-state index in [-0.39, 0.29) is 42.7 Å². The van der Waals surface area contributed by atoms with Crippen molar-refractivity contribution in [1.29, 1.82) is 0 Å². The van der Waals surface area contributed by atoms with Gasteiger partial charge in [0.25, 0.3) is 0 Å². The maximum absolute atomic E-state index is 13.4. The molecule has 1 saturated carbocycles. The minimum atomic E-state index is -0.431. The molecule has 0 unspecified atom stereocenters. The van der Waals surface area contributed by atoms with Crippen molar-refractivity contribution in [3.05, 3.63) is 35.9 Å². The van der Waals surface area contributed by atoms with Crippen LogP contribution in [0, 0.1) is 5.92 Å². The molecule has 2 heterocycles. The summed E-state index contributed by atoms with van der Waals surface area (Å²) in [7, 11) is 0. The number of benzene rings is 1. The Morgan fingerprint density at radius 3 is 2.43 bits per heavy atom. The highest BCUT2D eigenvalue weighted by Gasteiger charge is 2.32. The molecule has 1 aromatic rings. The number of hydrogen-bond donors (Lipinski definition) is 2. The van der Waals surface area contributed by atoms with E-state index < -0.39 is 6.04 Å². The van der Waals surface area contributed by atoms with Gasteiger partial charge in [-0.1, -0.05) is 49.6 Å². The van der Waals surface area contributed by atoms with Crippen LogP contribution < -0.4 is 10.6 Å². The van der Waals surface area contributed by atoms with Crippen LogP contribution in [0.1, 0.15) is 37.7 Å². The highest BCUT2D eigenvalue weighted by atomic mass is 35.5. The van der Waals surface area contributed by atoms with Crippen molar-refractivity contribution < 1.29 is 9.59 Å². The number of carbonyl (C=O) groups is 2. The van der Waals surface area contributed by atoms with Crippen LogP contribution >= 0.6 is 48.3 Å². The highest BCUT2D eigenvalue weighted by Crippen LogP contribution is 2.27. The lowest BCUT2D eigenvalue weighted by molar-refractivity contribution is -0.137. The molecule has 2 aliphatic heterocycles. The SMILES string of the molecule is Cl.Cl.O=C(N[C@@H](CSCC1CCCCC1)C(=O)N1CCN(Cc2ccccc2)CC1)[C@@H]1CSCN1. The Kier molecular flexibility index (Phi) is 14.2. The number of nitrogens with one attached hydrogen (secondary N) is 2. The first-order valence-corrected chi connectivity index (χ1v) is 14.7. The number of rotatable bonds is 9. The number of thioether (sulfide) groups is 2. The number of carbonyl (C=O) groups excluding carboxylic acids is 2. The first kappa shape index (κ1) is 30.6. The first-order valence-electron chi connectivity index (χ1n) is 12.4. The molecule has 2 N–H and O–H groups in total. The summed E-state index contributed by atoms with van der Waals surface area (Å²) >= 11 is 3.58. The number of amides is 2. The Labute approximate surface area is 231 Å². The van der Waals surface area contributed by atoms with Crippen LogP contribution in [-0.4, -0.2) is 83.0 Å². The van der Waals surface area contributed by atoms with E-state index in [1.54, 1.807) is 11.8 Å². The lowest BCUT2D eigenvalue weighted by Crippen LogP contribution is -2.57. The van der Waals surface area contributed by atoms with E-state index in [9.17, 15) is 9.59 Å². The largest absolute Gasteiger partial charge is 0.342 e. The van der Waals surface area contributed by atoms with Gasteiger partial charge in [-0.05, 0) is 30.1 Å². The van der Waals surface area contributed by atoms with Gasteiger partial charge in [0.1, 0.15) is 6.04 Å². The molecule has 1 aromatic carbocycles. The van der Waals surface area contributed by atoms with E-state index in [0.717, 1.165) is 56.0 Å². The van der Waals surface area contributed by atoms with Crippen molar-refractivity contribution in [3.8, 4) is 0 Å². The zero-order valence-electron chi connectivity index (χ0n) is 20.4. The molecule has 10 heteroatoms. The van der Waals surface area contributed by atoms with E-state index in [1.807, 2.05) is 22.7 Å². The number of nitrogens with zero attached hydrogens (tertiary/aromatic N) is 2. The topological polar surface area (TPSA) is 64.7 Å². The quantitative estimate of drug-likeness (QED) is 0.479. The van der Waals surface area contributed by atoms with Crippen LogP contribution in [-0.2, 0) is 16.1 Å². The van der Waals surface area contributed by atoms with Crippen LogP contribution in [0.5, 0.6) is 0 Å². The molecule has 2 atom stereocenters. The zero-order valence-corrected chi connectivity index (χ0v) is 23.6. The van der Waals surface area contributed by atoms with Gasteiger partial charge in [0.15, 0.2) is 0 Å². The summed E-state index contributed by atoms with van der Waals surface area (Å²) < 4.78 is 0. The second kappa shape index (κ2) is 16.3. The monoisotopic (exact) mass is 562 g/mol. The molecule has 1 aliphatic carbocycles. The summed E-state index contributed by atoms with van der Waals surface area (Å²) in [6.45, 7) is 4.12. The van der Waals surface area contributed by atoms with Gasteiger partial charge in [0.2, 0.25) is 11.8 Å². The van der Waals surface area contributed by atoms with E-state index in [2.05, 4.69) is 39.8 Å². The molecule has 0 radical (unpaired) electrons. The first-order chi connectivity index (χ1) is 16.2. The highest BCUT2D eigenvalue weighted by molar-refractivity contribution is 7.99. The van der Waals surface area contributed by atoms with Gasteiger partial charge in [-0.25, -0.2) is 0 Å². The maximum Gasteiger partial charge on any atom is 0.246 e. The van der Waals surface area contributed by atoms with Gasteiger partial charge < -0.3 is 10.2 Å². The normalized spacial score (nSPS) is 22.1. The van der Waals surface area contributed by atoms with Crippen molar-refractivity contribution in [2.24, 2.45) is 5.92 Å². The molecule has 3 fully saturated rings. The van der Waals surface area contributed by atoms with Crippen LogP contribution in [0.15, 0.2) is 30.3 Å². The number of piperazine rings is 1. The Morgan fingerprint density at radius 2 is 1.77 bits per heavy atom. The molecular formula is C25H40Cl2N4O2S2. The van der Waals surface area contributed by atoms with Crippen molar-refractivity contribution in [1.82, 2.24) is 20.4 Å². The third kappa shape index (κ3) is 9.63. The Hall–Kier alpha value is -0.640. The molecule has 2 saturated heterocycles. The fraction of sp³-hybridized carbons (Fsp3) is 0.680. The molecule has 3 aliphatic rings. The van der Waals surface area contributed by atoms with E-state index in [0.29, 0.717) is 5.75 Å². The molecule has 0 aromatic heterocycles. The van der Waals surface area contributed by atoms with Gasteiger partial charge in [-0.3, -0.25) is 19.8 Å². The lowest BCUT2D eigenvalue weighted by Gasteiger charge is -2.36. The fourth-order valence-corrected chi connectivity index (χ4v) is 7.11. The summed E-state index contributed by atoms with van der Waals surface area (Å²) in [5.74, 6) is 4.18. The van der Waals surface area contributed by atoms with Crippen LogP contribution in [0.4, 0.5) is 0 Å². The van der Waals surface area contributed by atoms with Crippen molar-refractivity contribution in [2.75, 3.05) is 49.3 Å². The minimum Gasteiger partial charge on any atom is -0.342 e. The molecule has 198 valence electrons. The lowest BCUT2D eigenvalue weighted by atomic mass is 9.91. The van der Waals surface area contributed by atoms with Crippen molar-refractivity contribution in [2.45, 2.75) is 50.7 Å². The Balaban J connectivity index is 0.00000216. The van der Waals surface area contributed by atoms with E-state index >= 15 is 0 Å². The summed E-state index contributed by atoms with van der Waals surface area (Å²) in [5, 5.41) is 6.33. The van der Waals surface area contributed by atoms with Crippen molar-refractivity contribution >= 4 is 60.2 Å².